The highest BCUT2D eigenvalue weighted by atomic mass is 32.2. The largest absolute Gasteiger partial charge is 0.480 e. The van der Waals surface area contributed by atoms with E-state index in [2.05, 4.69) is 15.5 Å². The van der Waals surface area contributed by atoms with E-state index in [1.165, 1.54) is 0 Å². The number of carbonyl (C=O) groups is 1. The molecule has 0 unspecified atom stereocenters. The Balaban J connectivity index is 3.11. The lowest BCUT2D eigenvalue weighted by molar-refractivity contribution is -0.138. The molecule has 1 N–H and O–H groups in total. The lowest BCUT2D eigenvalue weighted by Gasteiger charge is -1.97. The lowest BCUT2D eigenvalue weighted by atomic mass is 10.7. The SMILES string of the molecule is CS(=O)(=O)c1nnnn1CC(=O)O. The number of hydrogen-bond donors (Lipinski definition) is 1. The minimum Gasteiger partial charge on any atom is -0.480 e. The van der Waals surface area contributed by atoms with Crippen molar-refractivity contribution in [1.82, 2.24) is 20.2 Å². The first kappa shape index (κ1) is 9.58. The van der Waals surface area contributed by atoms with E-state index < -0.39 is 27.5 Å². The third-order valence-electron chi connectivity index (χ3n) is 1.12. The summed E-state index contributed by atoms with van der Waals surface area (Å²) in [5, 5.41) is 17.4. The van der Waals surface area contributed by atoms with Crippen LogP contribution in [0.15, 0.2) is 5.16 Å². The maximum atomic E-state index is 10.9. The van der Waals surface area contributed by atoms with Crippen LogP contribution < -0.4 is 0 Å². The Morgan fingerprint density at radius 3 is 2.69 bits per heavy atom. The predicted molar refractivity (Wildman–Crippen MR) is 38.6 cm³/mol. The number of carboxylic acids is 1. The summed E-state index contributed by atoms with van der Waals surface area (Å²) >= 11 is 0. The van der Waals surface area contributed by atoms with Crippen LogP contribution in [0.2, 0.25) is 0 Å². The van der Waals surface area contributed by atoms with Gasteiger partial charge in [0.25, 0.3) is 5.16 Å². The van der Waals surface area contributed by atoms with Crippen molar-refractivity contribution in [2.75, 3.05) is 6.26 Å². The second-order valence-corrected chi connectivity index (χ2v) is 4.19. The van der Waals surface area contributed by atoms with E-state index in [4.69, 9.17) is 5.11 Å². The summed E-state index contributed by atoms with van der Waals surface area (Å²) in [5.41, 5.74) is 0. The zero-order valence-electron chi connectivity index (χ0n) is 6.58. The molecule has 9 heteroatoms. The zero-order valence-corrected chi connectivity index (χ0v) is 7.39. The second-order valence-electron chi connectivity index (χ2n) is 2.29. The molecule has 72 valence electrons. The molecule has 0 radical (unpaired) electrons. The average Bonchev–Trinajstić information content (AvgIpc) is 2.31. The van der Waals surface area contributed by atoms with E-state index in [0.717, 1.165) is 6.26 Å². The van der Waals surface area contributed by atoms with Gasteiger partial charge in [-0.2, -0.15) is 0 Å². The van der Waals surface area contributed by atoms with Crippen LogP contribution in [0.3, 0.4) is 0 Å². The molecule has 13 heavy (non-hydrogen) atoms. The fourth-order valence-electron chi connectivity index (χ4n) is 0.689. The number of tetrazole rings is 1. The van der Waals surface area contributed by atoms with E-state index in [9.17, 15) is 13.2 Å². The molecule has 0 aromatic carbocycles. The van der Waals surface area contributed by atoms with Gasteiger partial charge in [0.15, 0.2) is 0 Å². The average molecular weight is 206 g/mol. The molecule has 1 aromatic rings. The van der Waals surface area contributed by atoms with Crippen molar-refractivity contribution in [3.8, 4) is 0 Å². The molecule has 0 saturated heterocycles. The van der Waals surface area contributed by atoms with Crippen molar-refractivity contribution < 1.29 is 18.3 Å². The summed E-state index contributed by atoms with van der Waals surface area (Å²) in [4.78, 5) is 10.2. The molecule has 0 bridgehead atoms. The number of hydrogen-bond acceptors (Lipinski definition) is 6. The Morgan fingerprint density at radius 2 is 2.23 bits per heavy atom. The first-order valence-corrected chi connectivity index (χ1v) is 4.98. The number of carboxylic acid groups (broad SMARTS) is 1. The Morgan fingerprint density at radius 1 is 1.62 bits per heavy atom. The molecule has 0 saturated carbocycles. The van der Waals surface area contributed by atoms with Gasteiger partial charge in [0, 0.05) is 6.26 Å². The Hall–Kier alpha value is -1.51. The first-order chi connectivity index (χ1) is 5.91. The highest BCUT2D eigenvalue weighted by Gasteiger charge is 2.18. The Bertz CT molecular complexity index is 421. The maximum absolute atomic E-state index is 10.9. The summed E-state index contributed by atoms with van der Waals surface area (Å²) in [6.07, 6.45) is 0.900. The molecule has 1 aromatic heterocycles. The number of aromatic nitrogens is 4. The third kappa shape index (κ3) is 2.21. The van der Waals surface area contributed by atoms with Crippen molar-refractivity contribution >= 4 is 15.8 Å². The zero-order chi connectivity index (χ0) is 10.1. The molecule has 0 amide bonds. The fraction of sp³-hybridized carbons (Fsp3) is 0.500. The van der Waals surface area contributed by atoms with E-state index >= 15 is 0 Å². The molecule has 0 atom stereocenters. The van der Waals surface area contributed by atoms with Gasteiger partial charge in [0.05, 0.1) is 0 Å². The van der Waals surface area contributed by atoms with Crippen molar-refractivity contribution in [2.45, 2.75) is 11.7 Å². The van der Waals surface area contributed by atoms with Gasteiger partial charge in [-0.25, -0.2) is 13.1 Å². The van der Waals surface area contributed by atoms with Crippen molar-refractivity contribution in [3.05, 3.63) is 0 Å². The molecule has 0 spiro atoms. The molecule has 0 fully saturated rings. The van der Waals surface area contributed by atoms with E-state index in [0.29, 0.717) is 4.68 Å². The molecule has 1 rings (SSSR count). The highest BCUT2D eigenvalue weighted by Crippen LogP contribution is 2.00. The third-order valence-corrected chi connectivity index (χ3v) is 2.07. The molecule has 0 aliphatic heterocycles. The Kier molecular flexibility index (Phi) is 2.28. The lowest BCUT2D eigenvalue weighted by Crippen LogP contribution is -2.16. The molecular formula is C4H6N4O4S. The summed E-state index contributed by atoms with van der Waals surface area (Å²) in [6.45, 7) is -0.574. The monoisotopic (exact) mass is 206 g/mol. The fourth-order valence-corrected chi connectivity index (χ4v) is 1.36. The Labute approximate surface area is 73.1 Å². The van der Waals surface area contributed by atoms with Crippen molar-refractivity contribution in [2.24, 2.45) is 0 Å². The summed E-state index contributed by atoms with van der Waals surface area (Å²) in [6, 6.07) is 0. The standard InChI is InChI=1S/C4H6N4O4S/c1-13(11,12)4-5-6-7-8(4)2-3(9)10/h2H2,1H3,(H,9,10). The minimum atomic E-state index is -3.57. The second kappa shape index (κ2) is 3.09. The molecule has 0 aliphatic rings. The van der Waals surface area contributed by atoms with Gasteiger partial charge in [0.1, 0.15) is 6.54 Å². The summed E-state index contributed by atoms with van der Waals surface area (Å²) in [7, 11) is -3.57. The van der Waals surface area contributed by atoms with Crippen LogP contribution in [0.25, 0.3) is 0 Å². The molecular weight excluding hydrogens is 200 g/mol. The van der Waals surface area contributed by atoms with Crippen LogP contribution in [0, 0.1) is 0 Å². The predicted octanol–water partition coefficient (Wildman–Crippen LogP) is -1.84. The van der Waals surface area contributed by atoms with E-state index in [1.54, 1.807) is 0 Å². The van der Waals surface area contributed by atoms with Crippen LogP contribution in [0.1, 0.15) is 0 Å². The number of sulfone groups is 1. The summed E-state index contributed by atoms with van der Waals surface area (Å²) < 4.78 is 22.6. The number of aliphatic carboxylic acids is 1. The van der Waals surface area contributed by atoms with E-state index in [-0.39, 0.29) is 0 Å². The van der Waals surface area contributed by atoms with Gasteiger partial charge in [-0.15, -0.1) is 0 Å². The van der Waals surface area contributed by atoms with Crippen molar-refractivity contribution in [3.63, 3.8) is 0 Å². The molecule has 1 heterocycles. The van der Waals surface area contributed by atoms with Gasteiger partial charge in [-0.3, -0.25) is 4.79 Å². The van der Waals surface area contributed by atoms with Crippen LogP contribution in [0.5, 0.6) is 0 Å². The maximum Gasteiger partial charge on any atom is 0.325 e. The topological polar surface area (TPSA) is 115 Å². The summed E-state index contributed by atoms with van der Waals surface area (Å²) in [5.74, 6) is -1.21. The van der Waals surface area contributed by atoms with Gasteiger partial charge in [-0.05, 0) is 10.4 Å². The van der Waals surface area contributed by atoms with Gasteiger partial charge in [-0.1, -0.05) is 5.10 Å². The number of rotatable bonds is 3. The molecule has 0 aliphatic carbocycles. The van der Waals surface area contributed by atoms with Crippen LogP contribution in [-0.4, -0.2) is 46.0 Å². The minimum absolute atomic E-state index is 0.449. The van der Waals surface area contributed by atoms with Crippen LogP contribution in [-0.2, 0) is 21.2 Å². The van der Waals surface area contributed by atoms with Gasteiger partial charge in [0.2, 0.25) is 9.84 Å². The normalized spacial score (nSPS) is 11.5. The first-order valence-electron chi connectivity index (χ1n) is 3.09. The smallest absolute Gasteiger partial charge is 0.325 e. The highest BCUT2D eigenvalue weighted by molar-refractivity contribution is 7.90. The quantitative estimate of drug-likeness (QED) is 0.617. The van der Waals surface area contributed by atoms with E-state index in [1.807, 2.05) is 0 Å². The number of nitrogens with zero attached hydrogens (tertiary/aromatic N) is 4. The van der Waals surface area contributed by atoms with Crippen molar-refractivity contribution in [1.29, 1.82) is 0 Å². The van der Waals surface area contributed by atoms with Gasteiger partial charge < -0.3 is 5.11 Å². The van der Waals surface area contributed by atoms with Gasteiger partial charge >= 0.3 is 5.97 Å². The van der Waals surface area contributed by atoms with Crippen LogP contribution in [0.4, 0.5) is 0 Å². The molecule has 8 nitrogen and oxygen atoms in total. The van der Waals surface area contributed by atoms with Crippen LogP contribution >= 0.6 is 0 Å².